The van der Waals surface area contributed by atoms with E-state index in [1.807, 2.05) is 24.3 Å². The van der Waals surface area contributed by atoms with E-state index in [0.29, 0.717) is 44.1 Å². The number of piperidine rings is 1. The summed E-state index contributed by atoms with van der Waals surface area (Å²) < 4.78 is 4.82. The van der Waals surface area contributed by atoms with Crippen molar-refractivity contribution in [2.24, 2.45) is 5.92 Å². The molecule has 0 aromatic heterocycles. The van der Waals surface area contributed by atoms with Gasteiger partial charge in [-0.3, -0.25) is 19.3 Å². The molecule has 0 bridgehead atoms. The third-order valence-electron chi connectivity index (χ3n) is 5.59. The number of ether oxygens (including phenoxy) is 1. The van der Waals surface area contributed by atoms with Gasteiger partial charge in [-0.25, -0.2) is 0 Å². The summed E-state index contributed by atoms with van der Waals surface area (Å²) in [6.45, 7) is 11.4. The first-order valence-corrected chi connectivity index (χ1v) is 10.9. The van der Waals surface area contributed by atoms with Crippen molar-refractivity contribution in [1.82, 2.24) is 15.1 Å². The zero-order valence-corrected chi connectivity index (χ0v) is 18.6. The maximum absolute atomic E-state index is 12.8. The molecule has 0 saturated carbocycles. The van der Waals surface area contributed by atoms with Crippen LogP contribution in [0.2, 0.25) is 0 Å². The van der Waals surface area contributed by atoms with Gasteiger partial charge in [-0.2, -0.15) is 0 Å². The van der Waals surface area contributed by atoms with Gasteiger partial charge in [0.2, 0.25) is 5.91 Å². The summed E-state index contributed by atoms with van der Waals surface area (Å²) >= 11 is 0. The maximum atomic E-state index is 12.8. The predicted molar refractivity (Wildman–Crippen MR) is 116 cm³/mol. The molecule has 1 heterocycles. The van der Waals surface area contributed by atoms with Gasteiger partial charge >= 0.3 is 5.97 Å². The second-order valence-corrected chi connectivity index (χ2v) is 7.94. The first-order valence-electron chi connectivity index (χ1n) is 10.9. The number of amides is 2. The average Bonchev–Trinajstić information content (AvgIpc) is 2.75. The number of benzene rings is 1. The smallest absolute Gasteiger partial charge is 0.325 e. The summed E-state index contributed by atoms with van der Waals surface area (Å²) in [5.41, 5.74) is 1.87. The van der Waals surface area contributed by atoms with Crippen LogP contribution in [0.4, 0.5) is 0 Å². The highest BCUT2D eigenvalue weighted by molar-refractivity contribution is 5.94. The van der Waals surface area contributed by atoms with Crippen LogP contribution in [0, 0.1) is 5.92 Å². The molecule has 1 aromatic rings. The Labute approximate surface area is 179 Å². The highest BCUT2D eigenvalue weighted by Gasteiger charge is 2.28. The van der Waals surface area contributed by atoms with Crippen molar-refractivity contribution >= 4 is 17.8 Å². The zero-order chi connectivity index (χ0) is 22.1. The van der Waals surface area contributed by atoms with E-state index in [1.165, 1.54) is 5.56 Å². The van der Waals surface area contributed by atoms with Crippen LogP contribution in [0.3, 0.4) is 0 Å². The van der Waals surface area contributed by atoms with Crippen LogP contribution in [0.15, 0.2) is 24.3 Å². The summed E-state index contributed by atoms with van der Waals surface area (Å²) in [6.07, 6.45) is 1.19. The minimum absolute atomic E-state index is 0.00291. The third kappa shape index (κ3) is 6.83. The summed E-state index contributed by atoms with van der Waals surface area (Å²) in [5.74, 6) is -0.757. The quantitative estimate of drug-likeness (QED) is 0.625. The number of nitrogens with zero attached hydrogens (tertiary/aromatic N) is 2. The number of hydrogen-bond acceptors (Lipinski definition) is 5. The van der Waals surface area contributed by atoms with Crippen LogP contribution < -0.4 is 5.32 Å². The molecular weight excluding hydrogens is 382 g/mol. The van der Waals surface area contributed by atoms with Crippen LogP contribution in [-0.4, -0.2) is 66.4 Å². The zero-order valence-electron chi connectivity index (χ0n) is 18.6. The van der Waals surface area contributed by atoms with Crippen LogP contribution in [-0.2, 0) is 20.9 Å². The lowest BCUT2D eigenvalue weighted by atomic mass is 9.95. The number of nitrogens with one attached hydrogen (secondary N) is 1. The normalized spacial score (nSPS) is 14.8. The van der Waals surface area contributed by atoms with E-state index in [0.717, 1.165) is 13.1 Å². The molecular formula is C23H35N3O4. The lowest BCUT2D eigenvalue weighted by molar-refractivity contribution is -0.144. The molecule has 2 rings (SSSR count). The summed E-state index contributed by atoms with van der Waals surface area (Å²) in [5, 5.41) is 2.63. The molecule has 166 valence electrons. The van der Waals surface area contributed by atoms with Gasteiger partial charge in [-0.1, -0.05) is 19.1 Å². The molecule has 0 aliphatic carbocycles. The number of carbonyl (C=O) groups excluding carboxylic acids is 3. The Bertz CT molecular complexity index is 710. The van der Waals surface area contributed by atoms with Crippen molar-refractivity contribution in [1.29, 1.82) is 0 Å². The topological polar surface area (TPSA) is 79.0 Å². The molecule has 1 aliphatic heterocycles. The Morgan fingerprint density at radius 3 is 2.30 bits per heavy atom. The van der Waals surface area contributed by atoms with E-state index >= 15 is 0 Å². The SMILES string of the molecule is CCOC(=O)CNC(=O)C1CCN(C(=O)c2ccc(CN(CC)C(C)C)cc2)CC1. The molecule has 1 aromatic carbocycles. The van der Waals surface area contributed by atoms with Gasteiger partial charge in [0.15, 0.2) is 0 Å². The first kappa shape index (κ1) is 23.9. The van der Waals surface area contributed by atoms with Crippen LogP contribution in [0.5, 0.6) is 0 Å². The fourth-order valence-electron chi connectivity index (χ4n) is 3.69. The largest absolute Gasteiger partial charge is 0.465 e. The molecule has 1 N–H and O–H groups in total. The Morgan fingerprint density at radius 1 is 1.13 bits per heavy atom. The van der Waals surface area contributed by atoms with Crippen molar-refractivity contribution in [2.75, 3.05) is 32.8 Å². The maximum Gasteiger partial charge on any atom is 0.325 e. The van der Waals surface area contributed by atoms with E-state index < -0.39 is 5.97 Å². The molecule has 0 radical (unpaired) electrons. The molecule has 2 amide bonds. The summed E-state index contributed by atoms with van der Waals surface area (Å²) in [4.78, 5) is 40.6. The summed E-state index contributed by atoms with van der Waals surface area (Å²) in [7, 11) is 0. The monoisotopic (exact) mass is 417 g/mol. The Balaban J connectivity index is 1.83. The van der Waals surface area contributed by atoms with Gasteiger partial charge in [0.1, 0.15) is 6.54 Å². The highest BCUT2D eigenvalue weighted by Crippen LogP contribution is 2.20. The third-order valence-corrected chi connectivity index (χ3v) is 5.59. The van der Waals surface area contributed by atoms with Crippen LogP contribution in [0.1, 0.15) is 56.5 Å². The minimum Gasteiger partial charge on any atom is -0.465 e. The number of carbonyl (C=O) groups is 3. The molecule has 1 aliphatic rings. The first-order chi connectivity index (χ1) is 14.3. The average molecular weight is 418 g/mol. The number of rotatable bonds is 9. The number of esters is 1. The van der Waals surface area contributed by atoms with Crippen molar-refractivity contribution in [2.45, 2.75) is 53.1 Å². The van der Waals surface area contributed by atoms with Gasteiger partial charge in [0, 0.05) is 37.2 Å². The van der Waals surface area contributed by atoms with E-state index in [1.54, 1.807) is 11.8 Å². The molecule has 7 heteroatoms. The number of hydrogen-bond donors (Lipinski definition) is 1. The van der Waals surface area contributed by atoms with E-state index in [9.17, 15) is 14.4 Å². The van der Waals surface area contributed by atoms with Gasteiger partial charge < -0.3 is 15.0 Å². The lowest BCUT2D eigenvalue weighted by Crippen LogP contribution is -2.44. The van der Waals surface area contributed by atoms with Gasteiger partial charge in [0.25, 0.3) is 5.91 Å². The standard InChI is InChI=1S/C23H35N3O4/c1-5-25(17(3)4)16-18-7-9-20(10-8-18)23(29)26-13-11-19(12-14-26)22(28)24-15-21(27)30-6-2/h7-10,17,19H,5-6,11-16H2,1-4H3,(H,24,28). The van der Waals surface area contributed by atoms with Crippen molar-refractivity contribution in [3.05, 3.63) is 35.4 Å². The molecule has 7 nitrogen and oxygen atoms in total. The Kier molecular flexibility index (Phi) is 9.30. The van der Waals surface area contributed by atoms with E-state index in [-0.39, 0.29) is 24.3 Å². The lowest BCUT2D eigenvalue weighted by Gasteiger charge is -2.31. The highest BCUT2D eigenvalue weighted by atomic mass is 16.5. The molecule has 0 atom stereocenters. The number of likely N-dealkylation sites (tertiary alicyclic amines) is 1. The molecule has 0 unspecified atom stereocenters. The van der Waals surface area contributed by atoms with Crippen LogP contribution in [0.25, 0.3) is 0 Å². The van der Waals surface area contributed by atoms with Gasteiger partial charge in [-0.05, 0) is 57.9 Å². The second-order valence-electron chi connectivity index (χ2n) is 7.94. The van der Waals surface area contributed by atoms with Crippen LogP contribution >= 0.6 is 0 Å². The second kappa shape index (κ2) is 11.7. The van der Waals surface area contributed by atoms with Crippen molar-refractivity contribution in [3.8, 4) is 0 Å². The van der Waals surface area contributed by atoms with E-state index in [4.69, 9.17) is 4.74 Å². The molecule has 1 fully saturated rings. The molecule has 0 spiro atoms. The van der Waals surface area contributed by atoms with Crippen molar-refractivity contribution in [3.63, 3.8) is 0 Å². The van der Waals surface area contributed by atoms with Gasteiger partial charge in [0.05, 0.1) is 6.61 Å². The fraction of sp³-hybridized carbons (Fsp3) is 0.609. The van der Waals surface area contributed by atoms with Crippen molar-refractivity contribution < 1.29 is 19.1 Å². The minimum atomic E-state index is -0.433. The molecule has 30 heavy (non-hydrogen) atoms. The van der Waals surface area contributed by atoms with Gasteiger partial charge in [-0.15, -0.1) is 0 Å². The van der Waals surface area contributed by atoms with E-state index in [2.05, 4.69) is 31.0 Å². The Morgan fingerprint density at radius 2 is 1.77 bits per heavy atom. The Hall–Kier alpha value is -2.41. The molecule has 1 saturated heterocycles. The fourth-order valence-corrected chi connectivity index (χ4v) is 3.69. The summed E-state index contributed by atoms with van der Waals surface area (Å²) in [6, 6.07) is 8.31. The predicted octanol–water partition coefficient (Wildman–Crippen LogP) is 2.45.